The molecule has 1 saturated heterocycles. The highest BCUT2D eigenvalue weighted by Crippen LogP contribution is 2.37. The summed E-state index contributed by atoms with van der Waals surface area (Å²) in [5.74, 6) is -0.559. The van der Waals surface area contributed by atoms with E-state index in [0.29, 0.717) is 36.7 Å². The van der Waals surface area contributed by atoms with Gasteiger partial charge in [-0.25, -0.2) is 5.01 Å². The van der Waals surface area contributed by atoms with Crippen molar-refractivity contribution in [2.75, 3.05) is 19.6 Å². The topological polar surface area (TPSA) is 44.7 Å². The Morgan fingerprint density at radius 2 is 2.00 bits per heavy atom. The van der Waals surface area contributed by atoms with E-state index in [1.54, 1.807) is 0 Å². The molecule has 1 N–H and O–H groups in total. The fraction of sp³-hybridized carbons (Fsp3) is 0.467. The lowest BCUT2D eigenvalue weighted by molar-refractivity contribution is -0.163. The van der Waals surface area contributed by atoms with Crippen LogP contribution in [0.5, 0.6) is 0 Å². The van der Waals surface area contributed by atoms with E-state index in [1.807, 2.05) is 30.3 Å². The van der Waals surface area contributed by atoms with Gasteiger partial charge in [0, 0.05) is 19.5 Å². The second kappa shape index (κ2) is 5.39. The number of benzene rings is 1. The molecular weight excluding hydrogens is 295 g/mol. The van der Waals surface area contributed by atoms with Gasteiger partial charge >= 0.3 is 6.18 Å². The minimum absolute atomic E-state index is 0.327. The third kappa shape index (κ3) is 2.72. The molecule has 3 rings (SSSR count). The number of hydrogen-bond donors (Lipinski definition) is 1. The molecule has 0 bridgehead atoms. The number of hydrogen-bond acceptors (Lipinski definition) is 3. The summed E-state index contributed by atoms with van der Waals surface area (Å²) < 4.78 is 37.9. The van der Waals surface area contributed by atoms with E-state index in [2.05, 4.69) is 10.4 Å². The quantitative estimate of drug-likeness (QED) is 0.927. The van der Waals surface area contributed by atoms with E-state index >= 15 is 0 Å². The second-order valence-electron chi connectivity index (χ2n) is 5.70. The molecule has 2 aliphatic heterocycles. The summed E-state index contributed by atoms with van der Waals surface area (Å²) in [7, 11) is 0. The lowest BCUT2D eigenvalue weighted by Gasteiger charge is -2.33. The van der Waals surface area contributed by atoms with Gasteiger partial charge in [-0.2, -0.15) is 18.3 Å². The highest BCUT2D eigenvalue weighted by molar-refractivity contribution is 6.13. The molecule has 22 heavy (non-hydrogen) atoms. The van der Waals surface area contributed by atoms with Gasteiger partial charge in [0.15, 0.2) is 0 Å². The lowest BCUT2D eigenvalue weighted by atomic mass is 9.74. The zero-order valence-corrected chi connectivity index (χ0v) is 11.9. The lowest BCUT2D eigenvalue weighted by Crippen LogP contribution is -2.53. The van der Waals surface area contributed by atoms with Crippen LogP contribution in [0.2, 0.25) is 0 Å². The molecule has 4 nitrogen and oxygen atoms in total. The first kappa shape index (κ1) is 15.0. The highest BCUT2D eigenvalue weighted by Gasteiger charge is 2.53. The summed E-state index contributed by atoms with van der Waals surface area (Å²) >= 11 is 0. The first-order valence-corrected chi connectivity index (χ1v) is 7.12. The van der Waals surface area contributed by atoms with E-state index in [1.165, 1.54) is 0 Å². The number of halogens is 3. The van der Waals surface area contributed by atoms with Crippen molar-refractivity contribution in [2.24, 2.45) is 10.5 Å². The minimum Gasteiger partial charge on any atom is -0.315 e. The summed E-state index contributed by atoms with van der Waals surface area (Å²) in [5, 5.41) is 7.70. The Kier molecular flexibility index (Phi) is 3.68. The zero-order chi connectivity index (χ0) is 15.8. The van der Waals surface area contributed by atoms with Gasteiger partial charge in [0.1, 0.15) is 12.0 Å². The summed E-state index contributed by atoms with van der Waals surface area (Å²) in [6, 6.07) is 9.32. The fourth-order valence-electron chi connectivity index (χ4n) is 3.09. The average molecular weight is 311 g/mol. The molecule has 7 heteroatoms. The highest BCUT2D eigenvalue weighted by atomic mass is 19.4. The van der Waals surface area contributed by atoms with E-state index < -0.39 is 24.0 Å². The molecule has 1 amide bonds. The molecule has 118 valence electrons. The van der Waals surface area contributed by atoms with Crippen molar-refractivity contribution in [3.05, 3.63) is 35.9 Å². The van der Waals surface area contributed by atoms with Gasteiger partial charge in [-0.05, 0) is 12.0 Å². The molecule has 2 aliphatic rings. The predicted molar refractivity (Wildman–Crippen MR) is 75.3 cm³/mol. The molecule has 0 unspecified atom stereocenters. The van der Waals surface area contributed by atoms with Crippen LogP contribution in [0.4, 0.5) is 13.2 Å². The summed E-state index contributed by atoms with van der Waals surface area (Å²) in [5.41, 5.74) is 0.496. The standard InChI is InChI=1S/C15H16F3N3O/c16-15(17,18)10-21-13(22)14(8-11-4-2-1-3-5-11)9-19-7-6-12(14)20-21/h1-5,19H,6-10H2/t14-/m1/s1. The van der Waals surface area contributed by atoms with Crippen molar-refractivity contribution in [3.63, 3.8) is 0 Å². The SMILES string of the molecule is O=C1N(CC(F)(F)F)N=C2CCNC[C@@]12Cc1ccccc1. The number of rotatable bonds is 3. The van der Waals surface area contributed by atoms with E-state index in [0.717, 1.165) is 5.56 Å². The minimum atomic E-state index is -4.45. The molecule has 1 atom stereocenters. The maximum absolute atomic E-state index is 12.6. The Labute approximate surface area is 126 Å². The van der Waals surface area contributed by atoms with Gasteiger partial charge in [-0.3, -0.25) is 4.79 Å². The number of alkyl halides is 3. The number of carbonyl (C=O) groups excluding carboxylic acids is 1. The van der Waals surface area contributed by atoms with E-state index in [4.69, 9.17) is 0 Å². The molecule has 0 saturated carbocycles. The molecule has 1 aromatic rings. The van der Waals surface area contributed by atoms with Gasteiger partial charge in [0.05, 0.1) is 5.71 Å². The second-order valence-corrected chi connectivity index (χ2v) is 5.70. The summed E-state index contributed by atoms with van der Waals surface area (Å²) in [6.07, 6.45) is -3.59. The van der Waals surface area contributed by atoms with Gasteiger partial charge < -0.3 is 5.32 Å². The summed E-state index contributed by atoms with van der Waals surface area (Å²) in [6.45, 7) is -0.373. The number of nitrogens with zero attached hydrogens (tertiary/aromatic N) is 2. The summed E-state index contributed by atoms with van der Waals surface area (Å²) in [4.78, 5) is 12.6. The predicted octanol–water partition coefficient (Wildman–Crippen LogP) is 1.97. The van der Waals surface area contributed by atoms with Crippen molar-refractivity contribution in [2.45, 2.75) is 19.0 Å². The van der Waals surface area contributed by atoms with Crippen LogP contribution in [0, 0.1) is 5.41 Å². The molecule has 1 aromatic carbocycles. The van der Waals surface area contributed by atoms with Gasteiger partial charge in [-0.15, -0.1) is 0 Å². The maximum Gasteiger partial charge on any atom is 0.408 e. The molecular formula is C15H16F3N3O. The number of hydrazone groups is 1. The third-order valence-electron chi connectivity index (χ3n) is 4.08. The Hall–Kier alpha value is -1.89. The normalized spacial score (nSPS) is 25.1. The van der Waals surface area contributed by atoms with Crippen molar-refractivity contribution < 1.29 is 18.0 Å². The van der Waals surface area contributed by atoms with Crippen LogP contribution in [0.25, 0.3) is 0 Å². The molecule has 0 spiro atoms. The van der Waals surface area contributed by atoms with Gasteiger partial charge in [-0.1, -0.05) is 30.3 Å². The van der Waals surface area contributed by atoms with Crippen molar-refractivity contribution >= 4 is 11.6 Å². The first-order chi connectivity index (χ1) is 10.4. The Morgan fingerprint density at radius 3 is 2.68 bits per heavy atom. The van der Waals surface area contributed by atoms with Gasteiger partial charge in [0.2, 0.25) is 0 Å². The van der Waals surface area contributed by atoms with Crippen LogP contribution in [-0.2, 0) is 11.2 Å². The van der Waals surface area contributed by atoms with Crippen molar-refractivity contribution in [1.29, 1.82) is 0 Å². The Bertz CT molecular complexity index is 600. The van der Waals surface area contributed by atoms with Crippen molar-refractivity contribution in [3.8, 4) is 0 Å². The van der Waals surface area contributed by atoms with Crippen LogP contribution in [0.1, 0.15) is 12.0 Å². The Balaban J connectivity index is 1.90. The van der Waals surface area contributed by atoms with E-state index in [-0.39, 0.29) is 0 Å². The van der Waals surface area contributed by atoms with Crippen LogP contribution in [0.3, 0.4) is 0 Å². The molecule has 0 aliphatic carbocycles. The van der Waals surface area contributed by atoms with Crippen LogP contribution in [0.15, 0.2) is 35.4 Å². The van der Waals surface area contributed by atoms with E-state index in [9.17, 15) is 18.0 Å². The van der Waals surface area contributed by atoms with Crippen molar-refractivity contribution in [1.82, 2.24) is 10.3 Å². The Morgan fingerprint density at radius 1 is 1.27 bits per heavy atom. The molecule has 0 radical (unpaired) electrons. The smallest absolute Gasteiger partial charge is 0.315 e. The average Bonchev–Trinajstić information content (AvgIpc) is 2.72. The third-order valence-corrected chi connectivity index (χ3v) is 4.08. The molecule has 0 aromatic heterocycles. The largest absolute Gasteiger partial charge is 0.408 e. The van der Waals surface area contributed by atoms with Gasteiger partial charge in [0.25, 0.3) is 5.91 Å². The number of piperidine rings is 1. The van der Waals surface area contributed by atoms with Crippen LogP contribution in [-0.4, -0.2) is 42.4 Å². The fourth-order valence-corrected chi connectivity index (χ4v) is 3.09. The number of amides is 1. The zero-order valence-electron chi connectivity index (χ0n) is 11.9. The number of nitrogens with one attached hydrogen (secondary N) is 1. The first-order valence-electron chi connectivity index (χ1n) is 7.12. The monoisotopic (exact) mass is 311 g/mol. The van der Waals surface area contributed by atoms with Crippen LogP contribution < -0.4 is 5.32 Å². The maximum atomic E-state index is 12.6. The number of carbonyl (C=O) groups is 1. The van der Waals surface area contributed by atoms with Crippen LogP contribution >= 0.6 is 0 Å². The number of fused-ring (bicyclic) bond motifs is 1. The molecule has 1 fully saturated rings. The molecule has 2 heterocycles.